The van der Waals surface area contributed by atoms with Gasteiger partial charge in [-0.25, -0.2) is 4.79 Å². The van der Waals surface area contributed by atoms with E-state index >= 15 is 0 Å². The van der Waals surface area contributed by atoms with Gasteiger partial charge < -0.3 is 19.7 Å². The molecule has 126 valence electrons. The normalized spacial score (nSPS) is 23.6. The Hall–Kier alpha value is -1.34. The number of ether oxygens (including phenoxy) is 2. The first kappa shape index (κ1) is 17.0. The highest BCUT2D eigenvalue weighted by Crippen LogP contribution is 2.13. The monoisotopic (exact) mass is 313 g/mol. The van der Waals surface area contributed by atoms with Crippen molar-refractivity contribution in [1.29, 1.82) is 0 Å². The largest absolute Gasteiger partial charge is 0.444 e. The molecule has 7 nitrogen and oxygen atoms in total. The average molecular weight is 313 g/mol. The van der Waals surface area contributed by atoms with Gasteiger partial charge in [-0.05, 0) is 27.2 Å². The molecular weight excluding hydrogens is 286 g/mol. The molecule has 7 heteroatoms. The number of hydrogen-bond donors (Lipinski definition) is 1. The SMILES string of the molecule is CC(C)(C)OC(=O)N1CCN(CCC2CNCCO2)C(=O)C1. The summed E-state index contributed by atoms with van der Waals surface area (Å²) in [4.78, 5) is 27.4. The molecule has 1 atom stereocenters. The van der Waals surface area contributed by atoms with E-state index in [-0.39, 0.29) is 18.6 Å². The molecule has 1 N–H and O–H groups in total. The Balaban J connectivity index is 1.75. The van der Waals surface area contributed by atoms with E-state index in [2.05, 4.69) is 5.32 Å². The highest BCUT2D eigenvalue weighted by atomic mass is 16.6. The molecule has 0 spiro atoms. The first-order valence-corrected chi connectivity index (χ1v) is 7.93. The van der Waals surface area contributed by atoms with Crippen LogP contribution in [0.15, 0.2) is 0 Å². The fourth-order valence-electron chi connectivity index (χ4n) is 2.53. The zero-order valence-corrected chi connectivity index (χ0v) is 13.8. The molecule has 0 bridgehead atoms. The van der Waals surface area contributed by atoms with Gasteiger partial charge in [0.25, 0.3) is 0 Å². The summed E-state index contributed by atoms with van der Waals surface area (Å²) in [6.07, 6.45) is 0.580. The van der Waals surface area contributed by atoms with Crippen LogP contribution in [-0.2, 0) is 14.3 Å². The second-order valence-electron chi connectivity index (χ2n) is 6.77. The van der Waals surface area contributed by atoms with Gasteiger partial charge in [0, 0.05) is 32.7 Å². The van der Waals surface area contributed by atoms with Crippen LogP contribution in [0.25, 0.3) is 0 Å². The highest BCUT2D eigenvalue weighted by molar-refractivity contribution is 5.83. The maximum atomic E-state index is 12.2. The summed E-state index contributed by atoms with van der Waals surface area (Å²) < 4.78 is 10.9. The third-order valence-corrected chi connectivity index (χ3v) is 3.70. The van der Waals surface area contributed by atoms with Crippen molar-refractivity contribution in [3.05, 3.63) is 0 Å². The molecule has 2 rings (SSSR count). The maximum absolute atomic E-state index is 12.2. The summed E-state index contributed by atoms with van der Waals surface area (Å²) in [5.74, 6) is -0.0270. The number of carbonyl (C=O) groups is 2. The molecule has 0 saturated carbocycles. The van der Waals surface area contributed by atoms with Crippen molar-refractivity contribution in [2.45, 2.75) is 38.9 Å². The molecule has 1 unspecified atom stereocenters. The van der Waals surface area contributed by atoms with Crippen LogP contribution in [0.5, 0.6) is 0 Å². The lowest BCUT2D eigenvalue weighted by Gasteiger charge is -2.36. The quantitative estimate of drug-likeness (QED) is 0.819. The van der Waals surface area contributed by atoms with Crippen molar-refractivity contribution in [3.63, 3.8) is 0 Å². The molecule has 2 fully saturated rings. The summed E-state index contributed by atoms with van der Waals surface area (Å²) >= 11 is 0. The van der Waals surface area contributed by atoms with Crippen LogP contribution in [-0.4, -0.2) is 79.4 Å². The molecule has 22 heavy (non-hydrogen) atoms. The number of rotatable bonds is 3. The average Bonchev–Trinajstić information content (AvgIpc) is 2.45. The van der Waals surface area contributed by atoms with Gasteiger partial charge in [-0.2, -0.15) is 0 Å². The van der Waals surface area contributed by atoms with E-state index in [9.17, 15) is 9.59 Å². The van der Waals surface area contributed by atoms with Gasteiger partial charge >= 0.3 is 6.09 Å². The number of carbonyl (C=O) groups excluding carboxylic acids is 2. The molecule has 2 saturated heterocycles. The van der Waals surface area contributed by atoms with E-state index in [0.29, 0.717) is 19.6 Å². The van der Waals surface area contributed by atoms with Crippen LogP contribution in [0.3, 0.4) is 0 Å². The molecule has 0 radical (unpaired) electrons. The lowest BCUT2D eigenvalue weighted by molar-refractivity contribution is -0.136. The Morgan fingerprint density at radius 1 is 1.41 bits per heavy atom. The Morgan fingerprint density at radius 3 is 2.77 bits per heavy atom. The van der Waals surface area contributed by atoms with Crippen molar-refractivity contribution in [1.82, 2.24) is 15.1 Å². The predicted molar refractivity (Wildman–Crippen MR) is 81.6 cm³/mol. The number of nitrogens with zero attached hydrogens (tertiary/aromatic N) is 2. The number of amides is 2. The number of piperazine rings is 1. The van der Waals surface area contributed by atoms with E-state index in [4.69, 9.17) is 9.47 Å². The van der Waals surface area contributed by atoms with E-state index < -0.39 is 11.7 Å². The molecule has 0 aromatic rings. The minimum absolute atomic E-state index is 0.0270. The molecule has 2 aliphatic rings. The third-order valence-electron chi connectivity index (χ3n) is 3.70. The van der Waals surface area contributed by atoms with Crippen LogP contribution in [0, 0.1) is 0 Å². The molecular formula is C15H27N3O4. The highest BCUT2D eigenvalue weighted by Gasteiger charge is 2.30. The Morgan fingerprint density at radius 2 is 2.18 bits per heavy atom. The fraction of sp³-hybridized carbons (Fsp3) is 0.867. The number of hydrogen-bond acceptors (Lipinski definition) is 5. The molecule has 0 aromatic heterocycles. The topological polar surface area (TPSA) is 71.1 Å². The summed E-state index contributed by atoms with van der Waals surface area (Å²) in [5, 5.41) is 3.28. The van der Waals surface area contributed by atoms with Crippen molar-refractivity contribution in [2.24, 2.45) is 0 Å². The Kier molecular flexibility index (Phi) is 5.63. The second kappa shape index (κ2) is 7.28. The number of nitrogens with one attached hydrogen (secondary N) is 1. The molecule has 2 aliphatic heterocycles. The molecule has 0 aliphatic carbocycles. The minimum Gasteiger partial charge on any atom is -0.444 e. The first-order chi connectivity index (χ1) is 10.3. The van der Waals surface area contributed by atoms with Gasteiger partial charge in [0.05, 0.1) is 12.7 Å². The predicted octanol–water partition coefficient (Wildman–Crippen LogP) is 0.444. The van der Waals surface area contributed by atoms with Gasteiger partial charge in [-0.3, -0.25) is 9.69 Å². The van der Waals surface area contributed by atoms with Crippen LogP contribution >= 0.6 is 0 Å². The van der Waals surface area contributed by atoms with Gasteiger partial charge in [0.1, 0.15) is 12.1 Å². The van der Waals surface area contributed by atoms with Crippen LogP contribution in [0.2, 0.25) is 0 Å². The van der Waals surface area contributed by atoms with E-state index in [0.717, 1.165) is 26.1 Å². The third kappa shape index (κ3) is 5.14. The van der Waals surface area contributed by atoms with Crippen molar-refractivity contribution in [2.75, 3.05) is 45.9 Å². The van der Waals surface area contributed by atoms with E-state index in [1.165, 1.54) is 4.90 Å². The van der Waals surface area contributed by atoms with Crippen LogP contribution < -0.4 is 5.32 Å². The summed E-state index contributed by atoms with van der Waals surface area (Å²) in [5.41, 5.74) is -0.539. The smallest absolute Gasteiger partial charge is 0.410 e. The maximum Gasteiger partial charge on any atom is 0.410 e. The molecule has 2 amide bonds. The zero-order chi connectivity index (χ0) is 16.2. The molecule has 2 heterocycles. The Labute approximate surface area is 131 Å². The zero-order valence-electron chi connectivity index (χ0n) is 13.8. The van der Waals surface area contributed by atoms with E-state index in [1.807, 2.05) is 20.8 Å². The minimum atomic E-state index is -0.539. The van der Waals surface area contributed by atoms with Crippen LogP contribution in [0.4, 0.5) is 4.79 Å². The summed E-state index contributed by atoms with van der Waals surface area (Å²) in [6, 6.07) is 0. The second-order valence-corrected chi connectivity index (χ2v) is 6.77. The van der Waals surface area contributed by atoms with Gasteiger partial charge in [0.15, 0.2) is 0 Å². The Bertz CT molecular complexity index is 402. The lowest BCUT2D eigenvalue weighted by atomic mass is 10.2. The molecule has 0 aromatic carbocycles. The standard InChI is InChI=1S/C15H27N3O4/c1-15(2,3)22-14(20)18-8-7-17(13(19)11-18)6-4-12-10-16-5-9-21-12/h12,16H,4-11H2,1-3H3. The van der Waals surface area contributed by atoms with E-state index in [1.54, 1.807) is 4.90 Å². The van der Waals surface area contributed by atoms with Crippen molar-refractivity contribution in [3.8, 4) is 0 Å². The van der Waals surface area contributed by atoms with Gasteiger partial charge in [0.2, 0.25) is 5.91 Å². The number of morpholine rings is 1. The lowest BCUT2D eigenvalue weighted by Crippen LogP contribution is -2.53. The van der Waals surface area contributed by atoms with Gasteiger partial charge in [-0.1, -0.05) is 0 Å². The van der Waals surface area contributed by atoms with Crippen LogP contribution in [0.1, 0.15) is 27.2 Å². The summed E-state index contributed by atoms with van der Waals surface area (Å²) in [6.45, 7) is 9.76. The first-order valence-electron chi connectivity index (χ1n) is 7.93. The van der Waals surface area contributed by atoms with Gasteiger partial charge in [-0.15, -0.1) is 0 Å². The van der Waals surface area contributed by atoms with Crippen molar-refractivity contribution < 1.29 is 19.1 Å². The summed E-state index contributed by atoms with van der Waals surface area (Å²) in [7, 11) is 0. The fourth-order valence-corrected chi connectivity index (χ4v) is 2.53. The van der Waals surface area contributed by atoms with Crippen molar-refractivity contribution >= 4 is 12.0 Å².